The number of rotatable bonds is 5. The smallest absolute Gasteiger partial charge is 0.243 e. The van der Waals surface area contributed by atoms with Crippen molar-refractivity contribution < 1.29 is 17.2 Å². The predicted octanol–water partition coefficient (Wildman–Crippen LogP) is 2.12. The van der Waals surface area contributed by atoms with Gasteiger partial charge in [0.25, 0.3) is 0 Å². The monoisotopic (exact) mass is 318 g/mol. The van der Waals surface area contributed by atoms with E-state index in [-0.39, 0.29) is 6.54 Å². The van der Waals surface area contributed by atoms with Crippen LogP contribution in [0, 0.1) is 11.6 Å². The fraction of sp³-hybridized carbons (Fsp3) is 0.571. The van der Waals surface area contributed by atoms with Crippen LogP contribution in [-0.4, -0.2) is 39.5 Å². The number of nitrogens with one attached hydrogen (secondary N) is 1. The number of likely N-dealkylation sites (tertiary alicyclic amines) is 1. The van der Waals surface area contributed by atoms with Crippen molar-refractivity contribution in [3.05, 3.63) is 29.8 Å². The second-order valence-electron chi connectivity index (χ2n) is 5.23. The van der Waals surface area contributed by atoms with Crippen LogP contribution in [0.25, 0.3) is 0 Å². The molecule has 0 unspecified atom stereocenters. The van der Waals surface area contributed by atoms with Crippen molar-refractivity contribution >= 4 is 10.0 Å². The van der Waals surface area contributed by atoms with Crippen molar-refractivity contribution in [2.24, 2.45) is 0 Å². The molecule has 1 aliphatic heterocycles. The molecule has 1 N–H and O–H groups in total. The molecule has 4 nitrogen and oxygen atoms in total. The molecule has 0 aromatic heterocycles. The third-order valence-corrected chi connectivity index (χ3v) is 5.10. The maximum absolute atomic E-state index is 13.5. The number of benzene rings is 1. The molecule has 1 aromatic carbocycles. The summed E-state index contributed by atoms with van der Waals surface area (Å²) in [6, 6.07) is 2.45. The van der Waals surface area contributed by atoms with Crippen LogP contribution >= 0.6 is 0 Å². The van der Waals surface area contributed by atoms with Crippen LogP contribution in [-0.2, 0) is 10.0 Å². The van der Waals surface area contributed by atoms with Gasteiger partial charge < -0.3 is 4.90 Å². The van der Waals surface area contributed by atoms with Crippen LogP contribution in [0.5, 0.6) is 0 Å². The summed E-state index contributed by atoms with van der Waals surface area (Å²) in [5.41, 5.74) is 0. The fourth-order valence-electron chi connectivity index (χ4n) is 2.47. The molecule has 0 bridgehead atoms. The summed E-state index contributed by atoms with van der Waals surface area (Å²) in [4.78, 5) is 1.69. The van der Waals surface area contributed by atoms with Crippen LogP contribution in [0.1, 0.15) is 25.7 Å². The predicted molar refractivity (Wildman–Crippen MR) is 76.5 cm³/mol. The molecule has 21 heavy (non-hydrogen) atoms. The Kier molecular flexibility index (Phi) is 5.66. The molecule has 1 aromatic rings. The quantitative estimate of drug-likeness (QED) is 0.905. The SMILES string of the molecule is O=S(=O)(NCCN1CCCCCC1)c1ccc(F)cc1F. The minimum atomic E-state index is -3.94. The van der Waals surface area contributed by atoms with Crippen molar-refractivity contribution in [1.82, 2.24) is 9.62 Å². The Morgan fingerprint density at radius 1 is 1.10 bits per heavy atom. The Labute approximate surface area is 124 Å². The minimum Gasteiger partial charge on any atom is -0.302 e. The molecule has 118 valence electrons. The molecule has 1 fully saturated rings. The standard InChI is InChI=1S/C14H20F2N2O2S/c15-12-5-6-14(13(16)11-12)21(19,20)17-7-10-18-8-3-1-2-4-9-18/h5-6,11,17H,1-4,7-10H2. The van der Waals surface area contributed by atoms with E-state index in [2.05, 4.69) is 9.62 Å². The van der Waals surface area contributed by atoms with Gasteiger partial charge in [0.1, 0.15) is 16.5 Å². The van der Waals surface area contributed by atoms with Gasteiger partial charge in [-0.15, -0.1) is 0 Å². The zero-order valence-corrected chi connectivity index (χ0v) is 12.6. The molecule has 0 saturated carbocycles. The molecular weight excluding hydrogens is 298 g/mol. The van der Waals surface area contributed by atoms with Crippen molar-refractivity contribution in [2.45, 2.75) is 30.6 Å². The number of hydrogen-bond acceptors (Lipinski definition) is 3. The van der Waals surface area contributed by atoms with Gasteiger partial charge in [-0.25, -0.2) is 21.9 Å². The first kappa shape index (κ1) is 16.3. The summed E-state index contributed by atoms with van der Waals surface area (Å²) in [6.07, 6.45) is 4.67. The van der Waals surface area contributed by atoms with Gasteiger partial charge >= 0.3 is 0 Å². The zero-order valence-electron chi connectivity index (χ0n) is 11.8. The van der Waals surface area contributed by atoms with Gasteiger partial charge in [-0.1, -0.05) is 12.8 Å². The molecule has 0 spiro atoms. The average Bonchev–Trinajstić information content (AvgIpc) is 2.66. The molecular formula is C14H20F2N2O2S. The van der Waals surface area contributed by atoms with Crippen LogP contribution in [0.3, 0.4) is 0 Å². The van der Waals surface area contributed by atoms with Gasteiger partial charge in [-0.2, -0.15) is 0 Å². The van der Waals surface area contributed by atoms with E-state index in [0.717, 1.165) is 38.1 Å². The lowest BCUT2D eigenvalue weighted by atomic mass is 10.2. The number of nitrogens with zero attached hydrogens (tertiary/aromatic N) is 1. The number of halogens is 2. The summed E-state index contributed by atoms with van der Waals surface area (Å²) in [7, 11) is -3.94. The highest BCUT2D eigenvalue weighted by molar-refractivity contribution is 7.89. The fourth-order valence-corrected chi connectivity index (χ4v) is 3.55. The summed E-state index contributed by atoms with van der Waals surface area (Å²) < 4.78 is 52.7. The topological polar surface area (TPSA) is 49.4 Å². The molecule has 0 aliphatic carbocycles. The van der Waals surface area contributed by atoms with E-state index in [9.17, 15) is 17.2 Å². The van der Waals surface area contributed by atoms with E-state index in [1.165, 1.54) is 12.8 Å². The summed E-state index contributed by atoms with van der Waals surface area (Å²) in [5.74, 6) is -1.87. The molecule has 1 aliphatic rings. The lowest BCUT2D eigenvalue weighted by Gasteiger charge is -2.19. The van der Waals surface area contributed by atoms with Crippen LogP contribution in [0.4, 0.5) is 8.78 Å². The highest BCUT2D eigenvalue weighted by atomic mass is 32.2. The van der Waals surface area contributed by atoms with Gasteiger partial charge in [0.15, 0.2) is 0 Å². The lowest BCUT2D eigenvalue weighted by molar-refractivity contribution is 0.290. The van der Waals surface area contributed by atoms with E-state index < -0.39 is 26.6 Å². The van der Waals surface area contributed by atoms with E-state index in [1.807, 2.05) is 0 Å². The highest BCUT2D eigenvalue weighted by Gasteiger charge is 2.19. The lowest BCUT2D eigenvalue weighted by Crippen LogP contribution is -2.35. The Hall–Kier alpha value is -1.05. The van der Waals surface area contributed by atoms with Gasteiger partial charge in [-0.05, 0) is 38.1 Å². The van der Waals surface area contributed by atoms with Crippen molar-refractivity contribution in [3.8, 4) is 0 Å². The maximum Gasteiger partial charge on any atom is 0.243 e. The van der Waals surface area contributed by atoms with E-state index in [4.69, 9.17) is 0 Å². The van der Waals surface area contributed by atoms with E-state index >= 15 is 0 Å². The van der Waals surface area contributed by atoms with Gasteiger partial charge in [0.2, 0.25) is 10.0 Å². The zero-order chi connectivity index (χ0) is 15.3. The molecule has 0 radical (unpaired) electrons. The van der Waals surface area contributed by atoms with Crippen molar-refractivity contribution in [1.29, 1.82) is 0 Å². The van der Waals surface area contributed by atoms with Crippen LogP contribution in [0.15, 0.2) is 23.1 Å². The average molecular weight is 318 g/mol. The Morgan fingerprint density at radius 3 is 2.38 bits per heavy atom. The van der Waals surface area contributed by atoms with Crippen molar-refractivity contribution in [2.75, 3.05) is 26.2 Å². The Balaban J connectivity index is 1.91. The number of sulfonamides is 1. The molecule has 1 heterocycles. The molecule has 0 atom stereocenters. The van der Waals surface area contributed by atoms with Gasteiger partial charge in [0.05, 0.1) is 0 Å². The minimum absolute atomic E-state index is 0.221. The van der Waals surface area contributed by atoms with Crippen LogP contribution in [0.2, 0.25) is 0 Å². The third kappa shape index (κ3) is 4.72. The van der Waals surface area contributed by atoms with Gasteiger partial charge in [0, 0.05) is 19.2 Å². The molecule has 7 heteroatoms. The van der Waals surface area contributed by atoms with Crippen molar-refractivity contribution in [3.63, 3.8) is 0 Å². The Bertz CT molecular complexity index is 570. The largest absolute Gasteiger partial charge is 0.302 e. The highest BCUT2D eigenvalue weighted by Crippen LogP contribution is 2.15. The van der Waals surface area contributed by atoms with Crippen LogP contribution < -0.4 is 4.72 Å². The van der Waals surface area contributed by atoms with E-state index in [1.54, 1.807) is 0 Å². The first-order valence-electron chi connectivity index (χ1n) is 7.16. The molecule has 1 saturated heterocycles. The summed E-state index contributed by atoms with van der Waals surface area (Å²) >= 11 is 0. The second-order valence-corrected chi connectivity index (χ2v) is 6.96. The summed E-state index contributed by atoms with van der Waals surface area (Å²) in [6.45, 7) is 2.75. The maximum atomic E-state index is 13.5. The number of hydrogen-bond donors (Lipinski definition) is 1. The molecule has 0 amide bonds. The van der Waals surface area contributed by atoms with Gasteiger partial charge in [-0.3, -0.25) is 0 Å². The first-order valence-corrected chi connectivity index (χ1v) is 8.64. The normalized spacial score (nSPS) is 17.6. The second kappa shape index (κ2) is 7.29. The van der Waals surface area contributed by atoms with E-state index in [0.29, 0.717) is 12.6 Å². The first-order chi connectivity index (χ1) is 9.99. The summed E-state index contributed by atoms with van der Waals surface area (Å²) in [5, 5.41) is 0. The Morgan fingerprint density at radius 2 is 1.76 bits per heavy atom. The third-order valence-electron chi connectivity index (χ3n) is 3.60. The molecule has 2 rings (SSSR count).